The minimum Gasteiger partial charge on any atom is -0.464 e. The summed E-state index contributed by atoms with van der Waals surface area (Å²) in [5, 5.41) is 15.5. The molecule has 0 saturated heterocycles. The van der Waals surface area contributed by atoms with Gasteiger partial charge in [-0.25, -0.2) is 4.39 Å². The molecule has 3 N–H and O–H groups in total. The van der Waals surface area contributed by atoms with E-state index >= 15 is 0 Å². The van der Waals surface area contributed by atoms with E-state index in [9.17, 15) is 4.39 Å². The Hall–Kier alpha value is -1.61. The second-order valence-electron chi connectivity index (χ2n) is 5.32. The van der Waals surface area contributed by atoms with Gasteiger partial charge in [-0.15, -0.1) is 24.0 Å². The molecule has 0 aliphatic rings. The van der Waals surface area contributed by atoms with Crippen LogP contribution in [0.5, 0.6) is 0 Å². The molecule has 7 heteroatoms. The fourth-order valence-corrected chi connectivity index (χ4v) is 2.20. The van der Waals surface area contributed by atoms with Gasteiger partial charge in [0.2, 0.25) is 0 Å². The van der Waals surface area contributed by atoms with Crippen molar-refractivity contribution in [3.05, 3.63) is 58.8 Å². The first-order chi connectivity index (χ1) is 11.0. The summed E-state index contributed by atoms with van der Waals surface area (Å²) in [5.41, 5.74) is 1.14. The maximum atomic E-state index is 13.4. The first-order valence-electron chi connectivity index (χ1n) is 7.45. The molecule has 2 aromatic rings. The van der Waals surface area contributed by atoms with Crippen LogP contribution >= 0.6 is 24.0 Å². The molecule has 0 radical (unpaired) electrons. The highest BCUT2D eigenvalue weighted by Crippen LogP contribution is 2.15. The van der Waals surface area contributed by atoms with E-state index in [0.717, 1.165) is 17.1 Å². The molecule has 1 atom stereocenters. The van der Waals surface area contributed by atoms with E-state index in [4.69, 9.17) is 9.52 Å². The second kappa shape index (κ2) is 9.63. The van der Waals surface area contributed by atoms with Crippen molar-refractivity contribution in [3.63, 3.8) is 0 Å². The van der Waals surface area contributed by atoms with Gasteiger partial charge >= 0.3 is 0 Å². The fourth-order valence-electron chi connectivity index (χ4n) is 2.20. The third-order valence-electron chi connectivity index (χ3n) is 3.51. The maximum absolute atomic E-state index is 13.4. The van der Waals surface area contributed by atoms with Crippen molar-refractivity contribution in [3.8, 4) is 0 Å². The lowest BCUT2D eigenvalue weighted by Crippen LogP contribution is -2.38. The highest BCUT2D eigenvalue weighted by molar-refractivity contribution is 14.0. The monoisotopic (exact) mass is 447 g/mol. The van der Waals surface area contributed by atoms with Gasteiger partial charge in [-0.3, -0.25) is 4.99 Å². The average Bonchev–Trinajstić information content (AvgIpc) is 2.99. The molecule has 0 fully saturated rings. The summed E-state index contributed by atoms with van der Waals surface area (Å²) in [4.78, 5) is 4.16. The van der Waals surface area contributed by atoms with E-state index in [0.29, 0.717) is 12.5 Å². The van der Waals surface area contributed by atoms with Gasteiger partial charge in [-0.1, -0.05) is 6.07 Å². The zero-order chi connectivity index (χ0) is 16.8. The molecule has 0 amide bonds. The maximum Gasteiger partial charge on any atom is 0.191 e. The minimum absolute atomic E-state index is 0. The lowest BCUT2D eigenvalue weighted by molar-refractivity contribution is 0.275. The average molecular weight is 447 g/mol. The summed E-state index contributed by atoms with van der Waals surface area (Å²) in [6.07, 6.45) is 0. The van der Waals surface area contributed by atoms with Gasteiger partial charge in [-0.05, 0) is 43.7 Å². The predicted octanol–water partition coefficient (Wildman–Crippen LogP) is 3.26. The van der Waals surface area contributed by atoms with E-state index in [1.165, 1.54) is 6.07 Å². The van der Waals surface area contributed by atoms with Gasteiger partial charge in [0.25, 0.3) is 0 Å². The van der Waals surface area contributed by atoms with Gasteiger partial charge in [0, 0.05) is 19.2 Å². The summed E-state index contributed by atoms with van der Waals surface area (Å²) in [6, 6.07) is 8.47. The Morgan fingerprint density at radius 2 is 2.08 bits per heavy atom. The largest absolute Gasteiger partial charge is 0.464 e. The molecule has 2 rings (SSSR count). The second-order valence-corrected chi connectivity index (χ2v) is 5.32. The third-order valence-corrected chi connectivity index (χ3v) is 3.51. The predicted molar refractivity (Wildman–Crippen MR) is 103 cm³/mol. The Bertz CT molecular complexity index is 688. The zero-order valence-corrected chi connectivity index (χ0v) is 16.3. The molecule has 1 aromatic carbocycles. The molecule has 132 valence electrons. The zero-order valence-electron chi connectivity index (χ0n) is 14.0. The summed E-state index contributed by atoms with van der Waals surface area (Å²) in [6.45, 7) is 4.03. The van der Waals surface area contributed by atoms with Crippen molar-refractivity contribution in [2.45, 2.75) is 33.0 Å². The van der Waals surface area contributed by atoms with E-state index in [1.54, 1.807) is 19.2 Å². The minimum atomic E-state index is -0.402. The number of benzene rings is 1. The Morgan fingerprint density at radius 3 is 2.67 bits per heavy atom. The molecule has 24 heavy (non-hydrogen) atoms. The number of aliphatic hydroxyl groups excluding tert-OH is 1. The fraction of sp³-hybridized carbons (Fsp3) is 0.353. The summed E-state index contributed by atoms with van der Waals surface area (Å²) in [7, 11) is 1.68. The van der Waals surface area contributed by atoms with Crippen LogP contribution < -0.4 is 10.6 Å². The molecule has 0 saturated carbocycles. The van der Waals surface area contributed by atoms with Crippen LogP contribution in [-0.4, -0.2) is 18.1 Å². The molecule has 1 heterocycles. The van der Waals surface area contributed by atoms with Gasteiger partial charge in [-0.2, -0.15) is 0 Å². The van der Waals surface area contributed by atoms with Crippen LogP contribution in [0.2, 0.25) is 0 Å². The highest BCUT2D eigenvalue weighted by Gasteiger charge is 2.11. The van der Waals surface area contributed by atoms with Crippen molar-refractivity contribution in [1.82, 2.24) is 10.6 Å². The number of hydrogen-bond acceptors (Lipinski definition) is 3. The third kappa shape index (κ3) is 5.48. The molecule has 0 aliphatic carbocycles. The van der Waals surface area contributed by atoms with Crippen molar-refractivity contribution in [1.29, 1.82) is 0 Å². The lowest BCUT2D eigenvalue weighted by atomic mass is 10.1. The van der Waals surface area contributed by atoms with Crippen molar-refractivity contribution in [2.24, 2.45) is 4.99 Å². The summed E-state index contributed by atoms with van der Waals surface area (Å²) in [5.74, 6) is 1.90. The highest BCUT2D eigenvalue weighted by atomic mass is 127. The van der Waals surface area contributed by atoms with E-state index in [2.05, 4.69) is 15.6 Å². The molecule has 0 aliphatic heterocycles. The number of guanidine groups is 1. The summed E-state index contributed by atoms with van der Waals surface area (Å²) < 4.78 is 19.0. The van der Waals surface area contributed by atoms with Gasteiger partial charge in [0.05, 0.1) is 12.6 Å². The summed E-state index contributed by atoms with van der Waals surface area (Å²) >= 11 is 0. The van der Waals surface area contributed by atoms with E-state index in [-0.39, 0.29) is 42.2 Å². The van der Waals surface area contributed by atoms with Gasteiger partial charge in [0.15, 0.2) is 5.96 Å². The van der Waals surface area contributed by atoms with Gasteiger partial charge < -0.3 is 20.2 Å². The van der Waals surface area contributed by atoms with Crippen LogP contribution in [0.3, 0.4) is 0 Å². The number of aliphatic hydroxyl groups is 1. The van der Waals surface area contributed by atoms with Crippen LogP contribution in [0.1, 0.15) is 35.6 Å². The molecule has 1 unspecified atom stereocenters. The topological polar surface area (TPSA) is 69.8 Å². The van der Waals surface area contributed by atoms with Crippen LogP contribution in [-0.2, 0) is 13.2 Å². The normalized spacial score (nSPS) is 12.5. The number of aliphatic imine (C=N–C) groups is 1. The van der Waals surface area contributed by atoms with Crippen LogP contribution in [0, 0.1) is 12.7 Å². The van der Waals surface area contributed by atoms with E-state index < -0.39 is 5.82 Å². The Kier molecular flexibility index (Phi) is 8.20. The number of nitrogens with zero attached hydrogens (tertiary/aromatic N) is 1. The number of aryl methyl sites for hydroxylation is 1. The Morgan fingerprint density at radius 1 is 1.33 bits per heavy atom. The molecule has 0 spiro atoms. The van der Waals surface area contributed by atoms with E-state index in [1.807, 2.05) is 26.0 Å². The molecular weight excluding hydrogens is 424 g/mol. The van der Waals surface area contributed by atoms with Crippen LogP contribution in [0.4, 0.5) is 4.39 Å². The van der Waals surface area contributed by atoms with Crippen LogP contribution in [0.25, 0.3) is 0 Å². The molecule has 0 bridgehead atoms. The number of nitrogens with one attached hydrogen (secondary N) is 2. The number of rotatable bonds is 5. The SMILES string of the molecule is CN=C(NCc1ccc(F)c(CO)c1)NC(C)c1ccc(C)o1.I. The molecule has 1 aromatic heterocycles. The lowest BCUT2D eigenvalue weighted by Gasteiger charge is -2.16. The Labute approximate surface area is 158 Å². The standard InChI is InChI=1S/C17H22FN3O2.HI/c1-11-4-7-16(23-11)12(2)21-17(19-3)20-9-13-5-6-15(18)14(8-13)10-22;/h4-8,12,22H,9-10H2,1-3H3,(H2,19,20,21);1H. The van der Waals surface area contributed by atoms with Crippen molar-refractivity contribution in [2.75, 3.05) is 7.05 Å². The quantitative estimate of drug-likeness (QED) is 0.374. The molecule has 5 nitrogen and oxygen atoms in total. The Balaban J connectivity index is 0.00000288. The van der Waals surface area contributed by atoms with Crippen molar-refractivity contribution >= 4 is 29.9 Å². The van der Waals surface area contributed by atoms with Crippen molar-refractivity contribution < 1.29 is 13.9 Å². The molecular formula is C17H23FIN3O2. The number of furan rings is 1. The first kappa shape index (κ1) is 20.4. The first-order valence-corrected chi connectivity index (χ1v) is 7.45. The number of halogens is 2. The smallest absolute Gasteiger partial charge is 0.191 e. The van der Waals surface area contributed by atoms with Crippen LogP contribution in [0.15, 0.2) is 39.7 Å². The van der Waals surface area contributed by atoms with Gasteiger partial charge in [0.1, 0.15) is 17.3 Å². The number of hydrogen-bond donors (Lipinski definition) is 3.